The summed E-state index contributed by atoms with van der Waals surface area (Å²) in [6.45, 7) is 3.94. The minimum absolute atomic E-state index is 0.120. The Kier molecular flexibility index (Phi) is 4.81. The highest BCUT2D eigenvalue weighted by Crippen LogP contribution is 2.27. The van der Waals surface area contributed by atoms with E-state index in [1.165, 1.54) is 0 Å². The lowest BCUT2D eigenvalue weighted by Gasteiger charge is -2.09. The maximum Gasteiger partial charge on any atom is 0.325 e. The van der Waals surface area contributed by atoms with Gasteiger partial charge in [0.25, 0.3) is 11.5 Å². The van der Waals surface area contributed by atoms with Crippen molar-refractivity contribution >= 4 is 11.9 Å². The van der Waals surface area contributed by atoms with Crippen LogP contribution in [0.1, 0.15) is 35.5 Å². The molecule has 0 fully saturated rings. The fraction of sp³-hybridized carbons (Fsp3) is 0.500. The molecule has 3 N–H and O–H groups in total. The second-order valence-corrected chi connectivity index (χ2v) is 5.39. The molecular weight excluding hydrogens is 292 g/mol. The molecule has 8 heteroatoms. The number of nitrogens with one attached hydrogen (secondary N) is 2. The Morgan fingerprint density at radius 3 is 2.82 bits per heavy atom. The van der Waals surface area contributed by atoms with Crippen LogP contribution in [-0.4, -0.2) is 35.1 Å². The molecule has 22 heavy (non-hydrogen) atoms. The lowest BCUT2D eigenvalue weighted by Crippen LogP contribution is -2.35. The number of aromatic hydroxyl groups is 1. The second kappa shape index (κ2) is 6.61. The summed E-state index contributed by atoms with van der Waals surface area (Å²) >= 11 is 0. The topological polar surface area (TPSA) is 118 Å². The number of pyridine rings is 1. The fourth-order valence-corrected chi connectivity index (χ4v) is 1.97. The smallest absolute Gasteiger partial charge is 0.325 e. The predicted molar refractivity (Wildman–Crippen MR) is 75.4 cm³/mol. The van der Waals surface area contributed by atoms with Gasteiger partial charge in [-0.3, -0.25) is 14.4 Å². The average molecular weight is 310 g/mol. The molecule has 0 bridgehead atoms. The van der Waals surface area contributed by atoms with Gasteiger partial charge in [0.15, 0.2) is 0 Å². The van der Waals surface area contributed by atoms with Gasteiger partial charge in [0.05, 0.1) is 25.5 Å². The molecule has 120 valence electrons. The van der Waals surface area contributed by atoms with E-state index >= 15 is 0 Å². The zero-order valence-corrected chi connectivity index (χ0v) is 12.4. The van der Waals surface area contributed by atoms with Gasteiger partial charge < -0.3 is 24.9 Å². The van der Waals surface area contributed by atoms with Crippen LogP contribution in [0.5, 0.6) is 5.75 Å². The number of carbonyl (C=O) groups is 2. The molecule has 1 aliphatic rings. The van der Waals surface area contributed by atoms with Gasteiger partial charge in [-0.2, -0.15) is 0 Å². The minimum atomic E-state index is -0.838. The molecular formula is C14H18N2O6. The summed E-state index contributed by atoms with van der Waals surface area (Å²) in [7, 11) is 0. The van der Waals surface area contributed by atoms with Crippen molar-refractivity contribution in [3.8, 4) is 5.75 Å². The molecule has 0 atom stereocenters. The first-order valence-electron chi connectivity index (χ1n) is 6.88. The first kappa shape index (κ1) is 16.0. The molecule has 8 nitrogen and oxygen atoms in total. The number of rotatable bonds is 5. The van der Waals surface area contributed by atoms with E-state index in [9.17, 15) is 19.5 Å². The summed E-state index contributed by atoms with van der Waals surface area (Å²) in [4.78, 5) is 37.8. The molecule has 0 saturated heterocycles. The lowest BCUT2D eigenvalue weighted by molar-refractivity contribution is -0.143. The average Bonchev–Trinajstić information content (AvgIpc) is 2.91. The molecule has 0 unspecified atom stereocenters. The summed E-state index contributed by atoms with van der Waals surface area (Å²) in [5, 5.41) is 12.3. The van der Waals surface area contributed by atoms with Gasteiger partial charge in [-0.15, -0.1) is 0 Å². The van der Waals surface area contributed by atoms with Crippen molar-refractivity contribution in [1.29, 1.82) is 0 Å². The van der Waals surface area contributed by atoms with Crippen molar-refractivity contribution in [2.45, 2.75) is 27.1 Å². The van der Waals surface area contributed by atoms with Crippen LogP contribution < -0.4 is 10.9 Å². The first-order chi connectivity index (χ1) is 10.4. The van der Waals surface area contributed by atoms with Crippen LogP contribution in [0.25, 0.3) is 0 Å². The van der Waals surface area contributed by atoms with Crippen molar-refractivity contribution in [2.24, 2.45) is 5.92 Å². The molecule has 2 rings (SSSR count). The lowest BCUT2D eigenvalue weighted by atomic mass is 10.1. The standard InChI is InChI=1S/C14H18N2O6/c1-7(2)4-22-10(17)3-15-13(19)11-12(18)8-5-21-6-9(8)16-14(11)20/h7H,3-6H2,1-2H3,(H,15,19)(H2,16,18,20). The van der Waals surface area contributed by atoms with Crippen LogP contribution in [0.3, 0.4) is 0 Å². The van der Waals surface area contributed by atoms with Gasteiger partial charge in [-0.05, 0) is 5.92 Å². The zero-order chi connectivity index (χ0) is 16.3. The number of fused-ring (bicyclic) bond motifs is 1. The molecule has 0 saturated carbocycles. The van der Waals surface area contributed by atoms with E-state index in [1.54, 1.807) is 0 Å². The molecule has 1 aromatic rings. The highest BCUT2D eigenvalue weighted by Gasteiger charge is 2.25. The van der Waals surface area contributed by atoms with E-state index in [0.717, 1.165) is 0 Å². The van der Waals surface area contributed by atoms with Crippen LogP contribution in [0.15, 0.2) is 4.79 Å². The van der Waals surface area contributed by atoms with Gasteiger partial charge >= 0.3 is 5.97 Å². The Hall–Kier alpha value is -2.35. The third kappa shape index (κ3) is 3.45. The number of hydrogen-bond acceptors (Lipinski definition) is 6. The molecule has 1 aliphatic heterocycles. The largest absolute Gasteiger partial charge is 0.506 e. The van der Waals surface area contributed by atoms with E-state index in [0.29, 0.717) is 11.3 Å². The predicted octanol–water partition coefficient (Wildman–Crippen LogP) is 0.0397. The summed E-state index contributed by atoms with van der Waals surface area (Å²) < 4.78 is 10.0. The zero-order valence-electron chi connectivity index (χ0n) is 12.4. The van der Waals surface area contributed by atoms with Gasteiger partial charge in [0, 0.05) is 5.56 Å². The Morgan fingerprint density at radius 2 is 2.14 bits per heavy atom. The van der Waals surface area contributed by atoms with Gasteiger partial charge in [0.1, 0.15) is 17.9 Å². The van der Waals surface area contributed by atoms with Crippen LogP contribution in [0.4, 0.5) is 0 Å². The molecule has 0 aliphatic carbocycles. The van der Waals surface area contributed by atoms with Crippen molar-refractivity contribution in [1.82, 2.24) is 10.3 Å². The van der Waals surface area contributed by atoms with E-state index in [-0.39, 0.29) is 32.3 Å². The summed E-state index contributed by atoms with van der Waals surface area (Å²) in [6.07, 6.45) is 0. The number of ether oxygens (including phenoxy) is 2. The molecule has 2 heterocycles. The van der Waals surface area contributed by atoms with Crippen molar-refractivity contribution in [3.63, 3.8) is 0 Å². The minimum Gasteiger partial charge on any atom is -0.506 e. The van der Waals surface area contributed by atoms with Crippen molar-refractivity contribution < 1.29 is 24.2 Å². The van der Waals surface area contributed by atoms with E-state index in [1.807, 2.05) is 13.8 Å². The Morgan fingerprint density at radius 1 is 1.41 bits per heavy atom. The van der Waals surface area contributed by atoms with Crippen LogP contribution >= 0.6 is 0 Å². The number of aromatic amines is 1. The quantitative estimate of drug-likeness (QED) is 0.661. The summed E-state index contributed by atoms with van der Waals surface area (Å²) in [5.74, 6) is -1.68. The Bertz CT molecular complexity index is 649. The maximum absolute atomic E-state index is 12.0. The van der Waals surface area contributed by atoms with E-state index < -0.39 is 28.7 Å². The molecule has 1 amide bonds. The van der Waals surface area contributed by atoms with Gasteiger partial charge in [0.2, 0.25) is 0 Å². The number of carbonyl (C=O) groups excluding carboxylic acids is 2. The van der Waals surface area contributed by atoms with Crippen LogP contribution in [-0.2, 0) is 27.5 Å². The van der Waals surface area contributed by atoms with Crippen molar-refractivity contribution in [3.05, 3.63) is 27.2 Å². The van der Waals surface area contributed by atoms with E-state index in [4.69, 9.17) is 9.47 Å². The monoisotopic (exact) mass is 310 g/mol. The molecule has 0 radical (unpaired) electrons. The Balaban J connectivity index is 2.05. The van der Waals surface area contributed by atoms with Gasteiger partial charge in [-0.1, -0.05) is 13.8 Å². The molecule has 1 aromatic heterocycles. The summed E-state index contributed by atoms with van der Waals surface area (Å²) in [5.41, 5.74) is -0.321. The number of H-pyrrole nitrogens is 1. The summed E-state index contributed by atoms with van der Waals surface area (Å²) in [6, 6.07) is 0. The fourth-order valence-electron chi connectivity index (χ4n) is 1.97. The van der Waals surface area contributed by atoms with E-state index in [2.05, 4.69) is 10.3 Å². The number of esters is 1. The van der Waals surface area contributed by atoms with Crippen molar-refractivity contribution in [2.75, 3.05) is 13.2 Å². The number of amides is 1. The van der Waals surface area contributed by atoms with Crippen LogP contribution in [0.2, 0.25) is 0 Å². The van der Waals surface area contributed by atoms with Crippen LogP contribution in [0, 0.1) is 5.92 Å². The normalized spacial score (nSPS) is 13.0. The second-order valence-electron chi connectivity index (χ2n) is 5.39. The third-order valence-corrected chi connectivity index (χ3v) is 3.07. The Labute approximate surface area is 126 Å². The highest BCUT2D eigenvalue weighted by molar-refractivity contribution is 5.98. The van der Waals surface area contributed by atoms with Gasteiger partial charge in [-0.25, -0.2) is 0 Å². The number of aromatic nitrogens is 1. The third-order valence-electron chi connectivity index (χ3n) is 3.07. The number of hydrogen-bond donors (Lipinski definition) is 3. The first-order valence-corrected chi connectivity index (χ1v) is 6.88. The SMILES string of the molecule is CC(C)COC(=O)CNC(=O)c1c(O)c2c([nH]c1=O)COC2. The molecule has 0 spiro atoms. The highest BCUT2D eigenvalue weighted by atomic mass is 16.5. The maximum atomic E-state index is 12.0. The molecule has 0 aromatic carbocycles.